The zero-order valence-electron chi connectivity index (χ0n) is 10.5. The summed E-state index contributed by atoms with van der Waals surface area (Å²) in [6, 6.07) is 3.89. The summed E-state index contributed by atoms with van der Waals surface area (Å²) >= 11 is 0. The van der Waals surface area contributed by atoms with E-state index in [-0.39, 0.29) is 12.0 Å². The van der Waals surface area contributed by atoms with E-state index in [9.17, 15) is 0 Å². The lowest BCUT2D eigenvalue weighted by Gasteiger charge is -2.13. The molecule has 5 nitrogen and oxygen atoms in total. The second-order valence-electron chi connectivity index (χ2n) is 5.06. The highest BCUT2D eigenvalue weighted by Crippen LogP contribution is 2.20. The molecule has 0 unspecified atom stereocenters. The summed E-state index contributed by atoms with van der Waals surface area (Å²) in [4.78, 5) is 0. The molecule has 92 valence electrons. The van der Waals surface area contributed by atoms with E-state index in [2.05, 4.69) is 31.0 Å². The fraction of sp³-hybridized carbons (Fsp3) is 0.500. The van der Waals surface area contributed by atoms with Gasteiger partial charge in [0.25, 0.3) is 0 Å². The molecule has 17 heavy (non-hydrogen) atoms. The molecular formula is C12H18N4O. The summed E-state index contributed by atoms with van der Waals surface area (Å²) in [6.45, 7) is 6.99. The summed E-state index contributed by atoms with van der Waals surface area (Å²) in [5.41, 5.74) is 1.08. The van der Waals surface area contributed by atoms with Crippen LogP contribution in [0.15, 0.2) is 24.5 Å². The molecular weight excluding hydrogens is 216 g/mol. The van der Waals surface area contributed by atoms with Gasteiger partial charge in [-0.3, -0.25) is 4.68 Å². The van der Waals surface area contributed by atoms with Crippen molar-refractivity contribution in [2.45, 2.75) is 32.7 Å². The smallest absolute Gasteiger partial charge is 0.174 e. The average Bonchev–Trinajstić information content (AvgIpc) is 2.82. The van der Waals surface area contributed by atoms with Crippen LogP contribution < -0.4 is 0 Å². The number of nitrogens with zero attached hydrogens (tertiary/aromatic N) is 4. The lowest BCUT2D eigenvalue weighted by Crippen LogP contribution is -2.12. The van der Waals surface area contributed by atoms with Gasteiger partial charge in [0.2, 0.25) is 0 Å². The molecule has 0 saturated carbocycles. The minimum atomic E-state index is 0.0406. The van der Waals surface area contributed by atoms with Crippen LogP contribution >= 0.6 is 0 Å². The van der Waals surface area contributed by atoms with Crippen molar-refractivity contribution < 1.29 is 5.11 Å². The lowest BCUT2D eigenvalue weighted by atomic mass is 9.93. The van der Waals surface area contributed by atoms with Crippen LogP contribution in [0.1, 0.15) is 26.5 Å². The Morgan fingerprint density at radius 3 is 2.53 bits per heavy atom. The van der Waals surface area contributed by atoms with Crippen LogP contribution in [0.2, 0.25) is 0 Å². The highest BCUT2D eigenvalue weighted by molar-refractivity contribution is 5.21. The van der Waals surface area contributed by atoms with E-state index < -0.39 is 0 Å². The van der Waals surface area contributed by atoms with E-state index in [1.54, 1.807) is 9.36 Å². The Hall–Kier alpha value is -1.62. The summed E-state index contributed by atoms with van der Waals surface area (Å²) < 4.78 is 3.46. The minimum absolute atomic E-state index is 0.0406. The van der Waals surface area contributed by atoms with E-state index in [0.29, 0.717) is 6.54 Å². The van der Waals surface area contributed by atoms with E-state index in [1.165, 1.54) is 0 Å². The predicted octanol–water partition coefficient (Wildman–Crippen LogP) is 1.36. The Kier molecular flexibility index (Phi) is 3.02. The first-order valence-corrected chi connectivity index (χ1v) is 5.71. The molecule has 0 radical (unpaired) electrons. The first-order chi connectivity index (χ1) is 8.00. The van der Waals surface area contributed by atoms with Crippen LogP contribution in [-0.2, 0) is 12.0 Å². The van der Waals surface area contributed by atoms with Crippen molar-refractivity contribution in [1.82, 2.24) is 19.6 Å². The van der Waals surface area contributed by atoms with Crippen LogP contribution in [0.4, 0.5) is 0 Å². The van der Waals surface area contributed by atoms with Gasteiger partial charge in [0.05, 0.1) is 18.8 Å². The highest BCUT2D eigenvalue weighted by atomic mass is 16.3. The van der Waals surface area contributed by atoms with Gasteiger partial charge in [0.1, 0.15) is 0 Å². The number of hydrogen-bond acceptors (Lipinski definition) is 3. The van der Waals surface area contributed by atoms with E-state index in [0.717, 1.165) is 11.5 Å². The highest BCUT2D eigenvalue weighted by Gasteiger charge is 2.17. The third kappa shape index (κ3) is 2.55. The van der Waals surface area contributed by atoms with Gasteiger partial charge in [-0.1, -0.05) is 20.8 Å². The molecule has 0 spiro atoms. The molecule has 2 heterocycles. The van der Waals surface area contributed by atoms with Gasteiger partial charge in [-0.25, -0.2) is 4.68 Å². The van der Waals surface area contributed by atoms with Crippen LogP contribution in [0.3, 0.4) is 0 Å². The third-order valence-corrected chi connectivity index (χ3v) is 2.55. The molecule has 1 N–H and O–H groups in total. The first kappa shape index (κ1) is 11.9. The average molecular weight is 234 g/mol. The van der Waals surface area contributed by atoms with Crippen molar-refractivity contribution in [2.75, 3.05) is 6.61 Å². The number of rotatable bonds is 3. The van der Waals surface area contributed by atoms with Crippen molar-refractivity contribution in [3.05, 3.63) is 30.2 Å². The monoisotopic (exact) mass is 234 g/mol. The Bertz CT molecular complexity index is 493. The molecule has 0 aromatic carbocycles. The SMILES string of the molecule is CC(C)(C)c1ccn(-c2ccn(CCO)n2)n1. The normalized spacial score (nSPS) is 12.0. The van der Waals surface area contributed by atoms with Crippen molar-refractivity contribution in [1.29, 1.82) is 0 Å². The summed E-state index contributed by atoms with van der Waals surface area (Å²) in [6.07, 6.45) is 3.75. The van der Waals surface area contributed by atoms with Crippen LogP contribution in [0.5, 0.6) is 0 Å². The maximum Gasteiger partial charge on any atom is 0.174 e. The fourth-order valence-electron chi connectivity index (χ4n) is 1.55. The van der Waals surface area contributed by atoms with Gasteiger partial charge < -0.3 is 5.11 Å². The maximum atomic E-state index is 8.83. The maximum absolute atomic E-state index is 8.83. The summed E-state index contributed by atoms with van der Waals surface area (Å²) in [5, 5.41) is 17.7. The Labute approximate surface area is 101 Å². The second kappa shape index (κ2) is 4.33. The largest absolute Gasteiger partial charge is 0.394 e. The summed E-state index contributed by atoms with van der Waals surface area (Å²) in [7, 11) is 0. The molecule has 0 saturated heterocycles. The molecule has 0 fully saturated rings. The topological polar surface area (TPSA) is 55.9 Å². The molecule has 0 atom stereocenters. The molecule has 2 rings (SSSR count). The van der Waals surface area contributed by atoms with Crippen molar-refractivity contribution in [3.8, 4) is 5.82 Å². The second-order valence-corrected chi connectivity index (χ2v) is 5.06. The van der Waals surface area contributed by atoms with Crippen molar-refractivity contribution >= 4 is 0 Å². The Balaban J connectivity index is 2.24. The lowest BCUT2D eigenvalue weighted by molar-refractivity contribution is 0.269. The van der Waals surface area contributed by atoms with Crippen molar-refractivity contribution in [2.24, 2.45) is 0 Å². The zero-order valence-corrected chi connectivity index (χ0v) is 10.5. The van der Waals surface area contributed by atoms with E-state index in [1.807, 2.05) is 24.5 Å². The number of aliphatic hydroxyl groups excluding tert-OH is 1. The Morgan fingerprint density at radius 2 is 1.94 bits per heavy atom. The van der Waals surface area contributed by atoms with E-state index >= 15 is 0 Å². The van der Waals surface area contributed by atoms with Crippen molar-refractivity contribution in [3.63, 3.8) is 0 Å². The van der Waals surface area contributed by atoms with Crippen LogP contribution in [-0.4, -0.2) is 31.3 Å². The molecule has 0 bridgehead atoms. The van der Waals surface area contributed by atoms with Gasteiger partial charge >= 0.3 is 0 Å². The number of aromatic nitrogens is 4. The summed E-state index contributed by atoms with van der Waals surface area (Å²) in [5.74, 6) is 0.772. The molecule has 2 aromatic rings. The predicted molar refractivity (Wildman–Crippen MR) is 65.1 cm³/mol. The Morgan fingerprint density at radius 1 is 1.18 bits per heavy atom. The quantitative estimate of drug-likeness (QED) is 0.872. The van der Waals surface area contributed by atoms with Gasteiger partial charge in [-0.15, -0.1) is 0 Å². The van der Waals surface area contributed by atoms with Crippen LogP contribution in [0.25, 0.3) is 5.82 Å². The van der Waals surface area contributed by atoms with Gasteiger partial charge in [0.15, 0.2) is 5.82 Å². The molecule has 0 aliphatic carbocycles. The number of aliphatic hydroxyl groups is 1. The molecule has 2 aromatic heterocycles. The van der Waals surface area contributed by atoms with Gasteiger partial charge in [0, 0.05) is 23.9 Å². The number of hydrogen-bond donors (Lipinski definition) is 1. The van der Waals surface area contributed by atoms with Gasteiger partial charge in [-0.2, -0.15) is 10.2 Å². The van der Waals surface area contributed by atoms with Crippen LogP contribution in [0, 0.1) is 0 Å². The fourth-order valence-corrected chi connectivity index (χ4v) is 1.55. The van der Waals surface area contributed by atoms with Gasteiger partial charge in [-0.05, 0) is 6.07 Å². The zero-order chi connectivity index (χ0) is 12.5. The molecule has 0 aliphatic rings. The minimum Gasteiger partial charge on any atom is -0.394 e. The molecule has 0 aliphatic heterocycles. The standard InChI is InChI=1S/C12H18N4O/c1-12(2,3)10-4-7-16(13-10)11-5-6-15(14-11)8-9-17/h4-7,17H,8-9H2,1-3H3. The van der Waals surface area contributed by atoms with E-state index in [4.69, 9.17) is 5.11 Å². The molecule has 5 heteroatoms. The third-order valence-electron chi connectivity index (χ3n) is 2.55. The first-order valence-electron chi connectivity index (χ1n) is 5.71. The molecule has 0 amide bonds.